The average Bonchev–Trinajstić information content (AvgIpc) is 3.47. The Bertz CT molecular complexity index is 926. The Kier molecular flexibility index (Phi) is 6.28. The predicted octanol–water partition coefficient (Wildman–Crippen LogP) is 3.25. The second-order valence-corrected chi connectivity index (χ2v) is 8.60. The molecule has 2 aliphatic heterocycles. The van der Waals surface area contributed by atoms with Gasteiger partial charge in [0, 0.05) is 38.8 Å². The first kappa shape index (κ1) is 21.4. The molecule has 6 nitrogen and oxygen atoms in total. The molecule has 0 saturated carbocycles. The largest absolute Gasteiger partial charge is 0.391 e. The lowest BCUT2D eigenvalue weighted by atomic mass is 10.0. The Morgan fingerprint density at radius 1 is 0.935 bits per heavy atom. The lowest BCUT2D eigenvalue weighted by Gasteiger charge is -2.27. The summed E-state index contributed by atoms with van der Waals surface area (Å²) < 4.78 is 0. The number of likely N-dealkylation sites (tertiary alicyclic amines) is 2. The highest BCUT2D eigenvalue weighted by molar-refractivity contribution is 5.95. The van der Waals surface area contributed by atoms with Crippen LogP contribution in [-0.4, -0.2) is 77.1 Å². The van der Waals surface area contributed by atoms with Crippen molar-refractivity contribution in [3.63, 3.8) is 0 Å². The van der Waals surface area contributed by atoms with E-state index in [-0.39, 0.29) is 18.0 Å². The number of rotatable bonds is 4. The highest BCUT2D eigenvalue weighted by atomic mass is 16.3. The van der Waals surface area contributed by atoms with E-state index >= 15 is 0 Å². The first-order valence-corrected chi connectivity index (χ1v) is 11.1. The number of nitrogens with zero attached hydrogens (tertiary/aromatic N) is 3. The van der Waals surface area contributed by atoms with Gasteiger partial charge in [-0.05, 0) is 48.1 Å². The number of benzene rings is 2. The van der Waals surface area contributed by atoms with Crippen molar-refractivity contribution in [2.75, 3.05) is 33.2 Å². The molecule has 4 rings (SSSR count). The average molecular weight is 422 g/mol. The summed E-state index contributed by atoms with van der Waals surface area (Å²) in [6.07, 6.45) is 2.01. The van der Waals surface area contributed by atoms with Gasteiger partial charge >= 0.3 is 6.03 Å². The summed E-state index contributed by atoms with van der Waals surface area (Å²) in [7, 11) is 1.82. The molecule has 2 aromatic rings. The van der Waals surface area contributed by atoms with Gasteiger partial charge in [-0.1, -0.05) is 43.3 Å². The summed E-state index contributed by atoms with van der Waals surface area (Å²) in [5.41, 5.74) is 4.19. The second kappa shape index (κ2) is 9.10. The van der Waals surface area contributed by atoms with Crippen LogP contribution in [0.3, 0.4) is 0 Å². The van der Waals surface area contributed by atoms with E-state index < -0.39 is 6.10 Å². The summed E-state index contributed by atoms with van der Waals surface area (Å²) in [5.74, 6) is -0.0243. The highest BCUT2D eigenvalue weighted by Crippen LogP contribution is 2.23. The third-order valence-corrected chi connectivity index (χ3v) is 6.56. The molecule has 2 heterocycles. The Balaban J connectivity index is 1.37. The molecule has 0 aliphatic carbocycles. The molecule has 0 aromatic heterocycles. The lowest BCUT2D eigenvalue weighted by molar-refractivity contribution is 0.0735. The topological polar surface area (TPSA) is 64.1 Å². The number of hydrogen-bond donors (Lipinski definition) is 1. The molecular formula is C25H31N3O3. The van der Waals surface area contributed by atoms with Gasteiger partial charge in [0.25, 0.3) is 5.91 Å². The van der Waals surface area contributed by atoms with Crippen molar-refractivity contribution < 1.29 is 14.7 Å². The monoisotopic (exact) mass is 421 g/mol. The molecule has 0 spiro atoms. The molecule has 1 N–H and O–H groups in total. The number of hydrogen-bond acceptors (Lipinski definition) is 3. The van der Waals surface area contributed by atoms with Gasteiger partial charge in [-0.2, -0.15) is 0 Å². The van der Waals surface area contributed by atoms with Crippen LogP contribution < -0.4 is 0 Å². The minimum Gasteiger partial charge on any atom is -0.391 e. The number of aryl methyl sites for hydroxylation is 1. The third kappa shape index (κ3) is 4.59. The van der Waals surface area contributed by atoms with E-state index in [2.05, 4.69) is 31.2 Å². The normalized spacial score (nSPS) is 20.9. The quantitative estimate of drug-likeness (QED) is 0.824. The zero-order valence-electron chi connectivity index (χ0n) is 18.3. The number of carbonyl (C=O) groups is 2. The van der Waals surface area contributed by atoms with Gasteiger partial charge in [0.05, 0.1) is 12.1 Å². The van der Waals surface area contributed by atoms with Crippen LogP contribution in [0, 0.1) is 0 Å². The number of carbonyl (C=O) groups excluding carboxylic acids is 2. The Labute approximate surface area is 184 Å². The molecule has 164 valence electrons. The Morgan fingerprint density at radius 3 is 2.10 bits per heavy atom. The molecule has 6 heteroatoms. The number of aliphatic hydroxyl groups is 1. The van der Waals surface area contributed by atoms with Crippen LogP contribution in [0.2, 0.25) is 0 Å². The van der Waals surface area contributed by atoms with Crippen molar-refractivity contribution in [1.82, 2.24) is 14.7 Å². The predicted molar refractivity (Wildman–Crippen MR) is 121 cm³/mol. The maximum atomic E-state index is 13.0. The molecule has 0 radical (unpaired) electrons. The smallest absolute Gasteiger partial charge is 0.320 e. The van der Waals surface area contributed by atoms with Gasteiger partial charge in [0.1, 0.15) is 0 Å². The summed E-state index contributed by atoms with van der Waals surface area (Å²) in [4.78, 5) is 30.9. The van der Waals surface area contributed by atoms with E-state index in [0.29, 0.717) is 38.2 Å². The van der Waals surface area contributed by atoms with Crippen molar-refractivity contribution >= 4 is 11.9 Å². The van der Waals surface area contributed by atoms with Crippen LogP contribution in [0.5, 0.6) is 0 Å². The first-order valence-electron chi connectivity index (χ1n) is 11.1. The van der Waals surface area contributed by atoms with Gasteiger partial charge in [0.15, 0.2) is 0 Å². The van der Waals surface area contributed by atoms with Crippen LogP contribution in [0.15, 0.2) is 48.5 Å². The maximum Gasteiger partial charge on any atom is 0.320 e. The molecule has 0 bridgehead atoms. The third-order valence-electron chi connectivity index (χ3n) is 6.56. The fraction of sp³-hybridized carbons (Fsp3) is 0.440. The molecule has 2 aromatic carbocycles. The van der Waals surface area contributed by atoms with Gasteiger partial charge in [-0.3, -0.25) is 4.79 Å². The van der Waals surface area contributed by atoms with Crippen LogP contribution in [0.4, 0.5) is 4.79 Å². The van der Waals surface area contributed by atoms with Crippen molar-refractivity contribution in [2.45, 2.75) is 38.3 Å². The number of likely N-dealkylation sites (N-methyl/N-ethyl adjacent to an activating group) is 1. The highest BCUT2D eigenvalue weighted by Gasteiger charge is 2.35. The fourth-order valence-electron chi connectivity index (χ4n) is 4.45. The van der Waals surface area contributed by atoms with E-state index in [9.17, 15) is 14.7 Å². The van der Waals surface area contributed by atoms with E-state index in [0.717, 1.165) is 24.0 Å². The van der Waals surface area contributed by atoms with E-state index in [4.69, 9.17) is 0 Å². The van der Waals surface area contributed by atoms with Crippen LogP contribution in [0.1, 0.15) is 35.7 Å². The molecule has 1 unspecified atom stereocenters. The number of β-amino-alcohol motifs (C(OH)–C–C–N with tert-alkyl or cyclic N) is 1. The molecule has 31 heavy (non-hydrogen) atoms. The molecule has 2 atom stereocenters. The summed E-state index contributed by atoms with van der Waals surface area (Å²) in [6, 6.07) is 16.2. The maximum absolute atomic E-state index is 13.0. The molecular weight excluding hydrogens is 390 g/mol. The van der Waals surface area contributed by atoms with Gasteiger partial charge in [-0.15, -0.1) is 0 Å². The van der Waals surface area contributed by atoms with E-state index in [1.165, 1.54) is 5.56 Å². The number of amides is 3. The Morgan fingerprint density at radius 2 is 1.52 bits per heavy atom. The number of aliphatic hydroxyl groups excluding tert-OH is 1. The summed E-state index contributed by atoms with van der Waals surface area (Å²) in [6.45, 7) is 4.32. The summed E-state index contributed by atoms with van der Waals surface area (Å²) >= 11 is 0. The van der Waals surface area contributed by atoms with Crippen molar-refractivity contribution in [3.05, 3.63) is 59.7 Å². The van der Waals surface area contributed by atoms with Crippen molar-refractivity contribution in [1.29, 1.82) is 0 Å². The summed E-state index contributed by atoms with van der Waals surface area (Å²) in [5, 5.41) is 9.68. The van der Waals surface area contributed by atoms with Gasteiger partial charge < -0.3 is 19.8 Å². The SMILES string of the molecule is CCc1ccc(-c2ccc(C(=O)N(C)C3CCN(C(=O)N4CC[C@H](O)C4)C3)cc2)cc1. The second-order valence-electron chi connectivity index (χ2n) is 8.60. The molecule has 2 fully saturated rings. The van der Waals surface area contributed by atoms with Crippen LogP contribution in [0.25, 0.3) is 11.1 Å². The number of urea groups is 1. The Hall–Kier alpha value is -2.86. The lowest BCUT2D eigenvalue weighted by Crippen LogP contribution is -2.44. The fourth-order valence-corrected chi connectivity index (χ4v) is 4.45. The van der Waals surface area contributed by atoms with Crippen molar-refractivity contribution in [2.24, 2.45) is 0 Å². The van der Waals surface area contributed by atoms with Crippen LogP contribution in [-0.2, 0) is 6.42 Å². The van der Waals surface area contributed by atoms with E-state index in [1.807, 2.05) is 31.3 Å². The minimum absolute atomic E-state index is 0.00485. The van der Waals surface area contributed by atoms with Crippen LogP contribution >= 0.6 is 0 Å². The minimum atomic E-state index is -0.417. The van der Waals surface area contributed by atoms with Crippen molar-refractivity contribution in [3.8, 4) is 11.1 Å². The molecule has 3 amide bonds. The molecule has 2 saturated heterocycles. The standard InChI is InChI=1S/C25H31N3O3/c1-3-18-4-6-19(7-5-18)20-8-10-21(11-9-20)24(30)26(2)22-12-14-27(16-22)25(31)28-15-13-23(29)17-28/h4-11,22-23,29H,3,12-17H2,1-2H3/t22?,23-/m0/s1. The zero-order chi connectivity index (χ0) is 22.0. The molecule has 2 aliphatic rings. The van der Waals surface area contributed by atoms with Gasteiger partial charge in [-0.25, -0.2) is 4.79 Å². The first-order chi connectivity index (χ1) is 15.0. The zero-order valence-corrected chi connectivity index (χ0v) is 18.3. The van der Waals surface area contributed by atoms with Gasteiger partial charge in [0.2, 0.25) is 0 Å². The van der Waals surface area contributed by atoms with E-state index in [1.54, 1.807) is 14.7 Å².